The second kappa shape index (κ2) is 11.1. The first-order chi connectivity index (χ1) is 14.0. The summed E-state index contributed by atoms with van der Waals surface area (Å²) in [6.07, 6.45) is 3.60. The van der Waals surface area contributed by atoms with Gasteiger partial charge in [-0.15, -0.1) is 25.2 Å². The first-order valence-electron chi connectivity index (χ1n) is 10.6. The molecule has 13 heteroatoms. The summed E-state index contributed by atoms with van der Waals surface area (Å²) < 4.78 is 63.0. The third-order valence-corrected chi connectivity index (χ3v) is 9.65. The van der Waals surface area contributed by atoms with Gasteiger partial charge in [-0.3, -0.25) is 9.11 Å². The molecule has 2 saturated carbocycles. The summed E-state index contributed by atoms with van der Waals surface area (Å²) in [7, 11) is -7.98. The Labute approximate surface area is 194 Å². The van der Waals surface area contributed by atoms with Crippen LogP contribution >= 0.6 is 0 Å². The number of aliphatic hydroxyl groups is 2. The van der Waals surface area contributed by atoms with E-state index in [4.69, 9.17) is 9.11 Å². The zero-order valence-corrected chi connectivity index (χ0v) is 19.8. The van der Waals surface area contributed by atoms with E-state index in [2.05, 4.69) is 10.6 Å². The summed E-state index contributed by atoms with van der Waals surface area (Å²) in [6, 6.07) is -0.584. The third-order valence-electron chi connectivity index (χ3n) is 6.95. The molecule has 4 aliphatic rings. The fourth-order valence-corrected chi connectivity index (χ4v) is 7.90. The van der Waals surface area contributed by atoms with Crippen LogP contribution in [-0.2, 0) is 36.7 Å². The molecule has 8 atom stereocenters. The number of hydrogen-bond donors (Lipinski definition) is 4. The van der Waals surface area contributed by atoms with Crippen LogP contribution < -0.4 is 0 Å². The van der Waals surface area contributed by atoms with Crippen LogP contribution in [0.25, 0.3) is 10.6 Å². The largest absolute Gasteiger partial charge is 2.00 e. The first-order valence-corrected chi connectivity index (χ1v) is 13.6. The SMILES string of the molecule is O=S(=O)(O)C1CCC(O)C2[N-]CCCC21.O=S(=O)(O)C1CCC(O)C2[N-]CCCC21.[Ni+2]. The van der Waals surface area contributed by atoms with Crippen molar-refractivity contribution in [3.8, 4) is 0 Å². The molecule has 0 aromatic carbocycles. The number of aliphatic hydroxyl groups excluding tert-OH is 2. The quantitative estimate of drug-likeness (QED) is 0.305. The Hall–Kier alpha value is 0.154. The van der Waals surface area contributed by atoms with Gasteiger partial charge in [-0.25, -0.2) is 0 Å². The summed E-state index contributed by atoms with van der Waals surface area (Å²) in [5.74, 6) is -0.394. The molecule has 184 valence electrons. The molecule has 0 amide bonds. The van der Waals surface area contributed by atoms with Crippen molar-refractivity contribution in [3.05, 3.63) is 10.6 Å². The molecule has 0 bridgehead atoms. The first kappa shape index (κ1) is 27.4. The zero-order valence-electron chi connectivity index (χ0n) is 17.1. The molecular formula is C18H32N2NiO8S2. The summed E-state index contributed by atoms with van der Waals surface area (Å²) in [5, 5.41) is 26.5. The minimum absolute atomic E-state index is 0. The van der Waals surface area contributed by atoms with E-state index in [-0.39, 0.29) is 40.4 Å². The standard InChI is InChI=1S/2C9H16NO4S.Ni/c2*11-7-3-4-8(15(12,13)14)6-2-1-5-10-9(6)7;/h2*6-9,11H,1-5H2,(H,12,13,14);/q2*-1;+2. The molecule has 0 radical (unpaired) electrons. The van der Waals surface area contributed by atoms with Crippen LogP contribution in [0.1, 0.15) is 51.4 Å². The Balaban J connectivity index is 0.000000213. The van der Waals surface area contributed by atoms with E-state index in [0.29, 0.717) is 38.8 Å². The van der Waals surface area contributed by atoms with E-state index in [1.807, 2.05) is 0 Å². The maximum absolute atomic E-state index is 11.2. The van der Waals surface area contributed by atoms with E-state index >= 15 is 0 Å². The van der Waals surface area contributed by atoms with Crippen molar-refractivity contribution >= 4 is 20.2 Å². The van der Waals surface area contributed by atoms with Crippen molar-refractivity contribution in [2.75, 3.05) is 13.1 Å². The molecule has 10 nitrogen and oxygen atoms in total. The van der Waals surface area contributed by atoms with E-state index in [9.17, 15) is 27.0 Å². The van der Waals surface area contributed by atoms with Gasteiger partial charge in [-0.2, -0.15) is 16.8 Å². The van der Waals surface area contributed by atoms with E-state index in [1.54, 1.807) is 0 Å². The predicted octanol–water partition coefficient (Wildman–Crippen LogP) is 1.10. The molecule has 2 aliphatic heterocycles. The fourth-order valence-electron chi connectivity index (χ4n) is 5.55. The fraction of sp³-hybridized carbons (Fsp3) is 1.00. The van der Waals surface area contributed by atoms with Gasteiger partial charge in [-0.1, -0.05) is 25.7 Å². The van der Waals surface area contributed by atoms with Crippen LogP contribution in [0.4, 0.5) is 0 Å². The monoisotopic (exact) mass is 526 g/mol. The molecule has 2 aliphatic carbocycles. The Bertz CT molecular complexity index is 730. The molecule has 4 N–H and O–H groups in total. The summed E-state index contributed by atoms with van der Waals surface area (Å²) in [6.45, 7) is 1.38. The van der Waals surface area contributed by atoms with Gasteiger partial charge >= 0.3 is 16.5 Å². The number of piperidine rings is 2. The van der Waals surface area contributed by atoms with Gasteiger partial charge in [0.15, 0.2) is 0 Å². The smallest absolute Gasteiger partial charge is 0.657 e. The topological polar surface area (TPSA) is 177 Å². The molecule has 2 heterocycles. The summed E-state index contributed by atoms with van der Waals surface area (Å²) in [5.41, 5.74) is 0. The number of hydrogen-bond acceptors (Lipinski definition) is 6. The minimum Gasteiger partial charge on any atom is -0.657 e. The molecular weight excluding hydrogens is 495 g/mol. The van der Waals surface area contributed by atoms with Crippen LogP contribution in [0, 0.1) is 11.8 Å². The van der Waals surface area contributed by atoms with Gasteiger partial charge < -0.3 is 20.8 Å². The van der Waals surface area contributed by atoms with Crippen molar-refractivity contribution < 1.29 is 52.6 Å². The van der Waals surface area contributed by atoms with Crippen LogP contribution in [-0.4, -0.2) is 84.0 Å². The van der Waals surface area contributed by atoms with Crippen LogP contribution in [0.2, 0.25) is 0 Å². The van der Waals surface area contributed by atoms with E-state index in [1.165, 1.54) is 0 Å². The average Bonchev–Trinajstić information content (AvgIpc) is 2.67. The second-order valence-electron chi connectivity index (χ2n) is 8.80. The number of fused-ring (bicyclic) bond motifs is 2. The Morgan fingerprint density at radius 1 is 0.613 bits per heavy atom. The van der Waals surface area contributed by atoms with Gasteiger partial charge in [0.1, 0.15) is 0 Å². The average molecular weight is 527 g/mol. The summed E-state index contributed by atoms with van der Waals surface area (Å²) in [4.78, 5) is 0. The van der Waals surface area contributed by atoms with Crippen LogP contribution in [0.5, 0.6) is 0 Å². The second-order valence-corrected chi connectivity index (χ2v) is 12.1. The van der Waals surface area contributed by atoms with Gasteiger partial charge in [0, 0.05) is 12.2 Å². The molecule has 2 saturated heterocycles. The molecule has 0 aromatic rings. The molecule has 31 heavy (non-hydrogen) atoms. The van der Waals surface area contributed by atoms with E-state index < -0.39 is 42.9 Å². The molecule has 8 unspecified atom stereocenters. The number of rotatable bonds is 2. The summed E-state index contributed by atoms with van der Waals surface area (Å²) >= 11 is 0. The zero-order chi connectivity index (χ0) is 22.1. The van der Waals surface area contributed by atoms with Crippen LogP contribution in [0.3, 0.4) is 0 Å². The van der Waals surface area contributed by atoms with Crippen molar-refractivity contribution in [3.63, 3.8) is 0 Å². The third kappa shape index (κ3) is 6.61. The van der Waals surface area contributed by atoms with Gasteiger partial charge in [0.05, 0.1) is 10.5 Å². The van der Waals surface area contributed by atoms with Crippen LogP contribution in [0.15, 0.2) is 0 Å². The maximum Gasteiger partial charge on any atom is 2.00 e. The van der Waals surface area contributed by atoms with Gasteiger partial charge in [-0.05, 0) is 37.5 Å². The molecule has 4 fully saturated rings. The molecule has 0 aromatic heterocycles. The van der Waals surface area contributed by atoms with Crippen molar-refractivity contribution in [1.29, 1.82) is 0 Å². The molecule has 4 rings (SSSR count). The predicted molar refractivity (Wildman–Crippen MR) is 111 cm³/mol. The van der Waals surface area contributed by atoms with Crippen molar-refractivity contribution in [2.24, 2.45) is 11.8 Å². The molecule has 0 spiro atoms. The Kier molecular flexibility index (Phi) is 9.77. The minimum atomic E-state index is -3.99. The Morgan fingerprint density at radius 2 is 0.968 bits per heavy atom. The maximum atomic E-state index is 11.2. The van der Waals surface area contributed by atoms with Crippen molar-refractivity contribution in [2.45, 2.75) is 86.2 Å². The van der Waals surface area contributed by atoms with Gasteiger partial charge in [0.2, 0.25) is 0 Å². The van der Waals surface area contributed by atoms with E-state index in [0.717, 1.165) is 25.7 Å². The van der Waals surface area contributed by atoms with Crippen molar-refractivity contribution in [1.82, 2.24) is 0 Å². The van der Waals surface area contributed by atoms with Gasteiger partial charge in [0.25, 0.3) is 20.2 Å². The normalized spacial score (nSPS) is 40.9. The Morgan fingerprint density at radius 3 is 1.29 bits per heavy atom. The number of nitrogens with zero attached hydrogens (tertiary/aromatic N) is 2.